The average Bonchev–Trinajstić information content (AvgIpc) is 3.03. The molecule has 3 aromatic rings. The molecular weight excluding hydrogens is 394 g/mol. The van der Waals surface area contributed by atoms with Gasteiger partial charge in [-0.25, -0.2) is 4.99 Å². The molecule has 3 N–H and O–H groups in total. The molecule has 2 heterocycles. The number of fused-ring (bicyclic) bond motifs is 1. The van der Waals surface area contributed by atoms with E-state index in [0.29, 0.717) is 11.3 Å². The number of carbonyl (C=O) groups excluding carboxylic acids is 1. The van der Waals surface area contributed by atoms with Gasteiger partial charge in [0.1, 0.15) is 5.75 Å². The van der Waals surface area contributed by atoms with Crippen LogP contribution in [-0.2, 0) is 0 Å². The van der Waals surface area contributed by atoms with Gasteiger partial charge < -0.3 is 10.8 Å². The summed E-state index contributed by atoms with van der Waals surface area (Å²) in [7, 11) is 0. The third-order valence-electron chi connectivity index (χ3n) is 4.53. The molecule has 0 fully saturated rings. The molecule has 0 saturated heterocycles. The Morgan fingerprint density at radius 3 is 2.59 bits per heavy atom. The number of rotatable bonds is 3. The Labute approximate surface area is 169 Å². The minimum absolute atomic E-state index is 0.0152. The molecule has 0 amide bonds. The Kier molecular flexibility index (Phi) is 4.55. The van der Waals surface area contributed by atoms with Crippen LogP contribution in [0, 0.1) is 17.0 Å². The van der Waals surface area contributed by atoms with Gasteiger partial charge in [-0.2, -0.15) is 9.78 Å². The van der Waals surface area contributed by atoms with E-state index in [1.807, 2.05) is 0 Å². The number of carbonyl (C=O) groups is 1. The van der Waals surface area contributed by atoms with Crippen LogP contribution in [0.2, 0.25) is 0 Å². The summed E-state index contributed by atoms with van der Waals surface area (Å²) in [6.45, 7) is 1.75. The summed E-state index contributed by atoms with van der Waals surface area (Å²) in [6.07, 6.45) is 0. The Morgan fingerprint density at radius 1 is 1.24 bits per heavy atom. The SMILES string of the molecule is Cc1nn(C(=O)c2ccccc2O)c2c1[C@@H](c1ccc([N+](=O)[O-])cc1)SC(N)=N2. The van der Waals surface area contributed by atoms with Crippen molar-refractivity contribution < 1.29 is 14.8 Å². The molecule has 0 aliphatic carbocycles. The largest absolute Gasteiger partial charge is 0.507 e. The summed E-state index contributed by atoms with van der Waals surface area (Å²) in [5.74, 6) is -0.401. The van der Waals surface area contributed by atoms with Crippen LogP contribution < -0.4 is 5.73 Å². The summed E-state index contributed by atoms with van der Waals surface area (Å²) in [6, 6.07) is 12.3. The maximum absolute atomic E-state index is 13.0. The monoisotopic (exact) mass is 409 g/mol. The molecule has 1 atom stereocenters. The van der Waals surface area contributed by atoms with Crippen molar-refractivity contribution in [1.29, 1.82) is 0 Å². The third kappa shape index (κ3) is 3.23. The number of aromatic hydroxyl groups is 1. The average molecular weight is 409 g/mol. The van der Waals surface area contributed by atoms with Crippen molar-refractivity contribution in [3.8, 4) is 5.75 Å². The zero-order valence-electron chi connectivity index (χ0n) is 15.1. The van der Waals surface area contributed by atoms with Crippen LogP contribution in [0.3, 0.4) is 0 Å². The standard InChI is InChI=1S/C19H15N5O4S/c1-10-15-16(11-6-8-12(9-7-11)24(27)28)29-19(20)21-17(15)23(22-10)18(26)13-4-2-3-5-14(13)25/h2-9,16,25H,1H3,(H2,20,21)/t16-/m1/s1. The second-order valence-electron chi connectivity index (χ2n) is 6.35. The number of hydrogen-bond donors (Lipinski definition) is 2. The zero-order valence-corrected chi connectivity index (χ0v) is 16.0. The van der Waals surface area contributed by atoms with E-state index in [1.54, 1.807) is 31.2 Å². The van der Waals surface area contributed by atoms with Gasteiger partial charge in [0, 0.05) is 17.7 Å². The van der Waals surface area contributed by atoms with E-state index in [0.717, 1.165) is 10.2 Å². The number of non-ortho nitro benzene ring substituents is 1. The number of amidine groups is 1. The van der Waals surface area contributed by atoms with Gasteiger partial charge in [-0.3, -0.25) is 14.9 Å². The van der Waals surface area contributed by atoms with Gasteiger partial charge in [-0.15, -0.1) is 0 Å². The molecule has 0 bridgehead atoms. The number of thioether (sulfide) groups is 1. The van der Waals surface area contributed by atoms with Gasteiger partial charge in [0.15, 0.2) is 11.0 Å². The van der Waals surface area contributed by atoms with Crippen molar-refractivity contribution in [2.75, 3.05) is 0 Å². The van der Waals surface area contributed by atoms with Crippen molar-refractivity contribution in [1.82, 2.24) is 9.78 Å². The van der Waals surface area contributed by atoms with Crippen molar-refractivity contribution in [2.24, 2.45) is 10.7 Å². The second kappa shape index (κ2) is 7.06. The zero-order chi connectivity index (χ0) is 20.7. The number of aromatic nitrogens is 2. The normalized spacial score (nSPS) is 15.5. The fraction of sp³-hybridized carbons (Fsp3) is 0.105. The van der Waals surface area contributed by atoms with E-state index in [9.17, 15) is 20.0 Å². The summed E-state index contributed by atoms with van der Waals surface area (Å²) in [4.78, 5) is 27.7. The first-order valence-electron chi connectivity index (χ1n) is 8.54. The van der Waals surface area contributed by atoms with Gasteiger partial charge in [0.2, 0.25) is 0 Å². The summed E-state index contributed by atoms with van der Waals surface area (Å²) in [5.41, 5.74) is 8.14. The highest BCUT2D eigenvalue weighted by Gasteiger charge is 2.32. The molecule has 0 radical (unpaired) electrons. The molecule has 9 nitrogen and oxygen atoms in total. The van der Waals surface area contributed by atoms with Crippen LogP contribution in [0.25, 0.3) is 0 Å². The Bertz CT molecular complexity index is 1170. The van der Waals surface area contributed by atoms with Crippen LogP contribution in [0.15, 0.2) is 53.5 Å². The summed E-state index contributed by atoms with van der Waals surface area (Å²) in [5, 5.41) is 25.2. The van der Waals surface area contributed by atoms with E-state index in [2.05, 4.69) is 10.1 Å². The number of nitrogens with zero attached hydrogens (tertiary/aromatic N) is 4. The van der Waals surface area contributed by atoms with Crippen LogP contribution >= 0.6 is 11.8 Å². The van der Waals surface area contributed by atoms with E-state index in [1.165, 1.54) is 36.0 Å². The van der Waals surface area contributed by atoms with Crippen molar-refractivity contribution in [3.05, 3.63) is 81.0 Å². The minimum atomic E-state index is -0.529. The number of phenolic OH excluding ortho intramolecular Hbond substituents is 1. The highest BCUT2D eigenvalue weighted by atomic mass is 32.2. The number of phenols is 1. The molecule has 4 rings (SSSR count). The lowest BCUT2D eigenvalue weighted by Crippen LogP contribution is -2.18. The van der Waals surface area contributed by atoms with Crippen molar-refractivity contribution in [2.45, 2.75) is 12.2 Å². The number of nitrogens with two attached hydrogens (primary N) is 1. The number of nitro groups is 1. The molecular formula is C19H15N5O4S. The predicted octanol–water partition coefficient (Wildman–Crippen LogP) is 3.28. The first kappa shape index (κ1) is 18.7. The van der Waals surface area contributed by atoms with E-state index in [-0.39, 0.29) is 33.2 Å². The fourth-order valence-electron chi connectivity index (χ4n) is 3.17. The number of para-hydroxylation sites is 1. The molecule has 29 heavy (non-hydrogen) atoms. The number of aliphatic imine (C=N–C) groups is 1. The number of benzene rings is 2. The quantitative estimate of drug-likeness (QED) is 0.500. The molecule has 1 aliphatic heterocycles. The number of aryl methyl sites for hydroxylation is 1. The molecule has 10 heteroatoms. The first-order valence-corrected chi connectivity index (χ1v) is 9.42. The van der Waals surface area contributed by atoms with Gasteiger partial charge in [0.05, 0.1) is 21.4 Å². The van der Waals surface area contributed by atoms with Crippen LogP contribution in [0.1, 0.15) is 32.4 Å². The van der Waals surface area contributed by atoms with Crippen molar-refractivity contribution in [3.63, 3.8) is 0 Å². The van der Waals surface area contributed by atoms with Gasteiger partial charge >= 0.3 is 0 Å². The highest BCUT2D eigenvalue weighted by molar-refractivity contribution is 8.14. The second-order valence-corrected chi connectivity index (χ2v) is 7.48. The number of nitro benzene ring substituents is 1. The smallest absolute Gasteiger partial charge is 0.283 e. The first-order chi connectivity index (χ1) is 13.9. The Morgan fingerprint density at radius 2 is 1.93 bits per heavy atom. The predicted molar refractivity (Wildman–Crippen MR) is 109 cm³/mol. The summed E-state index contributed by atoms with van der Waals surface area (Å²) >= 11 is 1.28. The molecule has 0 spiro atoms. The molecule has 146 valence electrons. The van der Waals surface area contributed by atoms with E-state index in [4.69, 9.17) is 5.73 Å². The fourth-order valence-corrected chi connectivity index (χ4v) is 4.24. The maximum atomic E-state index is 13.0. The lowest BCUT2D eigenvalue weighted by atomic mass is 10.0. The lowest BCUT2D eigenvalue weighted by molar-refractivity contribution is -0.384. The maximum Gasteiger partial charge on any atom is 0.283 e. The van der Waals surface area contributed by atoms with Gasteiger partial charge in [-0.05, 0) is 24.6 Å². The Hall–Kier alpha value is -3.66. The third-order valence-corrected chi connectivity index (χ3v) is 5.61. The Balaban J connectivity index is 1.81. The van der Waals surface area contributed by atoms with Crippen LogP contribution in [0.5, 0.6) is 5.75 Å². The lowest BCUT2D eigenvalue weighted by Gasteiger charge is -2.21. The van der Waals surface area contributed by atoms with E-state index < -0.39 is 10.8 Å². The van der Waals surface area contributed by atoms with Crippen molar-refractivity contribution >= 4 is 34.3 Å². The van der Waals surface area contributed by atoms with Gasteiger partial charge in [0.25, 0.3) is 11.6 Å². The van der Waals surface area contributed by atoms with Crippen LogP contribution in [-0.4, -0.2) is 30.9 Å². The number of hydrogen-bond acceptors (Lipinski definition) is 8. The molecule has 0 saturated carbocycles. The summed E-state index contributed by atoms with van der Waals surface area (Å²) < 4.78 is 1.13. The highest BCUT2D eigenvalue weighted by Crippen LogP contribution is 2.46. The van der Waals surface area contributed by atoms with E-state index >= 15 is 0 Å². The molecule has 1 aliphatic rings. The molecule has 2 aromatic carbocycles. The topological polar surface area (TPSA) is 137 Å². The molecule has 0 unspecified atom stereocenters. The minimum Gasteiger partial charge on any atom is -0.507 e. The van der Waals surface area contributed by atoms with Crippen LogP contribution in [0.4, 0.5) is 11.5 Å². The van der Waals surface area contributed by atoms with Gasteiger partial charge in [-0.1, -0.05) is 36.0 Å². The molecule has 1 aromatic heterocycles.